The molecular weight excluding hydrogens is 565 g/mol. The van der Waals surface area contributed by atoms with Gasteiger partial charge in [-0.15, -0.1) is 0 Å². The molecule has 1 aliphatic carbocycles. The van der Waals surface area contributed by atoms with E-state index in [-0.39, 0.29) is 11.7 Å². The van der Waals surface area contributed by atoms with Gasteiger partial charge >= 0.3 is 0 Å². The number of fused-ring (bicyclic) bond motifs is 4. The Morgan fingerprint density at radius 2 is 1.85 bits per heavy atom. The number of aromatic nitrogens is 5. The number of nitrogens with zero attached hydrogens (tertiary/aromatic N) is 6. The maximum Gasteiger partial charge on any atom is 0.280 e. The highest BCUT2D eigenvalue weighted by atomic mass is 35.5. The normalized spacial score (nSPS) is 19.2. The topological polar surface area (TPSA) is 115 Å². The number of amides is 2. The van der Waals surface area contributed by atoms with Gasteiger partial charge in [0.25, 0.3) is 11.8 Å². The summed E-state index contributed by atoms with van der Waals surface area (Å²) in [6, 6.07) is 6.57. The van der Waals surface area contributed by atoms with Gasteiger partial charge in [-0.2, -0.15) is 4.98 Å². The first-order valence-corrected chi connectivity index (χ1v) is 14.0. The summed E-state index contributed by atoms with van der Waals surface area (Å²) in [6.07, 6.45) is 5.28. The van der Waals surface area contributed by atoms with Crippen LogP contribution < -0.4 is 15.0 Å². The number of pyridine rings is 1. The molecule has 10 nitrogen and oxygen atoms in total. The smallest absolute Gasteiger partial charge is 0.280 e. The Bertz CT molecular complexity index is 1800. The molecule has 1 fully saturated rings. The van der Waals surface area contributed by atoms with E-state index in [2.05, 4.69) is 20.3 Å². The Morgan fingerprint density at radius 1 is 1.07 bits per heavy atom. The number of methoxy groups -OCH3 is 1. The fraction of sp³-hybridized carbons (Fsp3) is 0.310. The lowest BCUT2D eigenvalue weighted by Gasteiger charge is -2.36. The van der Waals surface area contributed by atoms with Gasteiger partial charge in [0.15, 0.2) is 11.2 Å². The molecule has 1 atom stereocenters. The minimum Gasteiger partial charge on any atom is -0.480 e. The third-order valence-corrected chi connectivity index (χ3v) is 8.32. The fourth-order valence-corrected chi connectivity index (χ4v) is 6.28. The minimum atomic E-state index is -1.61. The average Bonchev–Trinajstić information content (AvgIpc) is 3.59. The van der Waals surface area contributed by atoms with Crippen molar-refractivity contribution >= 4 is 46.4 Å². The van der Waals surface area contributed by atoms with Gasteiger partial charge in [-0.1, -0.05) is 29.3 Å². The summed E-state index contributed by atoms with van der Waals surface area (Å²) in [5.74, 6) is 0.981. The lowest BCUT2D eigenvalue weighted by molar-refractivity contribution is -0.119. The molecular formula is C29H25Cl2N7O3. The SMILES string of the molecule is COc1nc(C2CC2)ncc1-c1nc2c(n1C(C)C)C1(C(=O)Nc3cc(Cl)ccc31)N(c1cc(Cl)cnc1C)C2=O. The van der Waals surface area contributed by atoms with Crippen LogP contribution >= 0.6 is 23.2 Å². The number of benzene rings is 1. The number of anilines is 2. The Balaban J connectivity index is 1.55. The van der Waals surface area contributed by atoms with Crippen LogP contribution in [-0.4, -0.2) is 43.4 Å². The highest BCUT2D eigenvalue weighted by molar-refractivity contribution is 6.32. The largest absolute Gasteiger partial charge is 0.480 e. The monoisotopic (exact) mass is 589 g/mol. The van der Waals surface area contributed by atoms with E-state index in [4.69, 9.17) is 32.9 Å². The van der Waals surface area contributed by atoms with E-state index in [1.807, 2.05) is 18.4 Å². The summed E-state index contributed by atoms with van der Waals surface area (Å²) in [4.78, 5) is 48.8. The van der Waals surface area contributed by atoms with E-state index in [0.717, 1.165) is 18.7 Å². The first kappa shape index (κ1) is 25.9. The summed E-state index contributed by atoms with van der Waals surface area (Å²) < 4.78 is 7.60. The first-order valence-electron chi connectivity index (χ1n) is 13.3. The third-order valence-electron chi connectivity index (χ3n) is 7.88. The second kappa shape index (κ2) is 8.99. The van der Waals surface area contributed by atoms with Gasteiger partial charge in [0.2, 0.25) is 5.88 Å². The molecule has 41 heavy (non-hydrogen) atoms. The molecule has 3 aromatic heterocycles. The second-order valence-corrected chi connectivity index (χ2v) is 11.6. The number of halogens is 2. The van der Waals surface area contributed by atoms with Gasteiger partial charge in [0.05, 0.1) is 34.8 Å². The summed E-state index contributed by atoms with van der Waals surface area (Å²) in [7, 11) is 1.55. The summed E-state index contributed by atoms with van der Waals surface area (Å²) in [5, 5.41) is 3.75. The van der Waals surface area contributed by atoms with Crippen LogP contribution in [0.4, 0.5) is 11.4 Å². The van der Waals surface area contributed by atoms with Crippen LogP contribution in [0.5, 0.6) is 5.88 Å². The van der Waals surface area contributed by atoms with Crippen LogP contribution in [0.15, 0.2) is 36.7 Å². The number of imidazole rings is 1. The van der Waals surface area contributed by atoms with Crippen molar-refractivity contribution < 1.29 is 14.3 Å². The van der Waals surface area contributed by atoms with E-state index >= 15 is 0 Å². The standard InChI is InChI=1S/C29H25Cl2N7O3/c1-13(2)37-23-22(35-25(37)18-12-33-24(15-5-6-15)36-26(18)41-4)27(39)38(21-10-17(31)11-32-14(21)3)29(23)19-8-7-16(30)9-20(19)34-28(29)40/h7-13,15H,5-6H2,1-4H3,(H,34,40). The quantitative estimate of drug-likeness (QED) is 0.318. The number of carbonyl (C=O) groups excluding carboxylic acids is 2. The number of nitrogens with one attached hydrogen (secondary N) is 1. The van der Waals surface area contributed by atoms with E-state index in [9.17, 15) is 9.59 Å². The van der Waals surface area contributed by atoms with Crippen molar-refractivity contribution in [1.82, 2.24) is 24.5 Å². The molecule has 1 unspecified atom stereocenters. The molecule has 1 spiro atoms. The van der Waals surface area contributed by atoms with E-state index in [0.29, 0.717) is 61.6 Å². The molecule has 2 amide bonds. The molecule has 7 rings (SSSR count). The first-order chi connectivity index (χ1) is 19.7. The average molecular weight is 590 g/mol. The summed E-state index contributed by atoms with van der Waals surface area (Å²) in [5.41, 5.74) is 1.51. The highest BCUT2D eigenvalue weighted by Gasteiger charge is 2.64. The third kappa shape index (κ3) is 3.56. The van der Waals surface area contributed by atoms with Crippen LogP contribution in [0.1, 0.15) is 71.9 Å². The molecule has 1 saturated carbocycles. The summed E-state index contributed by atoms with van der Waals surface area (Å²) in [6.45, 7) is 5.71. The van der Waals surface area contributed by atoms with Gasteiger partial charge in [-0.25, -0.2) is 9.97 Å². The molecule has 1 N–H and O–H groups in total. The Hall–Kier alpha value is -4.02. The van der Waals surface area contributed by atoms with Crippen molar-refractivity contribution in [2.24, 2.45) is 0 Å². The Kier molecular flexibility index (Phi) is 5.68. The van der Waals surface area contributed by atoms with Crippen molar-refractivity contribution in [1.29, 1.82) is 0 Å². The predicted molar refractivity (Wildman–Crippen MR) is 154 cm³/mol. The molecule has 0 saturated heterocycles. The van der Waals surface area contributed by atoms with Crippen LogP contribution in [0.3, 0.4) is 0 Å². The number of hydrogen-bond donors (Lipinski definition) is 1. The number of rotatable bonds is 5. The molecule has 1 aromatic carbocycles. The molecule has 3 aliphatic rings. The molecule has 208 valence electrons. The van der Waals surface area contributed by atoms with Crippen molar-refractivity contribution in [3.05, 3.63) is 75.2 Å². The zero-order chi connectivity index (χ0) is 28.8. The van der Waals surface area contributed by atoms with E-state index in [1.54, 1.807) is 44.5 Å². The minimum absolute atomic E-state index is 0.138. The number of hydrogen-bond acceptors (Lipinski definition) is 7. The maximum absolute atomic E-state index is 14.5. The zero-order valence-corrected chi connectivity index (χ0v) is 24.2. The molecule has 4 aromatic rings. The molecule has 0 bridgehead atoms. The Labute approximate surface area is 245 Å². The van der Waals surface area contributed by atoms with Crippen LogP contribution in [0.2, 0.25) is 10.0 Å². The highest BCUT2D eigenvalue weighted by Crippen LogP contribution is 2.55. The van der Waals surface area contributed by atoms with Gasteiger partial charge in [-0.3, -0.25) is 19.5 Å². The van der Waals surface area contributed by atoms with Crippen LogP contribution in [0, 0.1) is 6.92 Å². The number of aryl methyl sites for hydroxylation is 1. The molecule has 12 heteroatoms. The number of carbonyl (C=O) groups is 2. The molecule has 0 radical (unpaired) electrons. The second-order valence-electron chi connectivity index (χ2n) is 10.8. The molecule has 2 aliphatic heterocycles. The maximum atomic E-state index is 14.5. The molecule has 5 heterocycles. The van der Waals surface area contributed by atoms with E-state index < -0.39 is 17.4 Å². The van der Waals surface area contributed by atoms with Gasteiger partial charge in [0.1, 0.15) is 11.6 Å². The lowest BCUT2D eigenvalue weighted by Crippen LogP contribution is -2.51. The van der Waals surface area contributed by atoms with Gasteiger partial charge in [-0.05, 0) is 51.8 Å². The van der Waals surface area contributed by atoms with E-state index in [1.165, 1.54) is 11.1 Å². The Morgan fingerprint density at radius 3 is 2.56 bits per heavy atom. The van der Waals surface area contributed by atoms with Crippen molar-refractivity contribution in [3.63, 3.8) is 0 Å². The van der Waals surface area contributed by atoms with Crippen molar-refractivity contribution in [2.45, 2.75) is 51.1 Å². The fourth-order valence-electron chi connectivity index (χ4n) is 5.95. The lowest BCUT2D eigenvalue weighted by atomic mass is 9.87. The zero-order valence-electron chi connectivity index (χ0n) is 22.7. The van der Waals surface area contributed by atoms with Gasteiger partial charge in [0, 0.05) is 40.6 Å². The van der Waals surface area contributed by atoms with Crippen molar-refractivity contribution in [3.8, 4) is 17.3 Å². The summed E-state index contributed by atoms with van der Waals surface area (Å²) >= 11 is 12.7. The predicted octanol–water partition coefficient (Wildman–Crippen LogP) is 5.67. The van der Waals surface area contributed by atoms with Crippen LogP contribution in [-0.2, 0) is 10.3 Å². The number of ether oxygens (including phenoxy) is 1. The van der Waals surface area contributed by atoms with Gasteiger partial charge < -0.3 is 14.6 Å². The van der Waals surface area contributed by atoms with Crippen LogP contribution in [0.25, 0.3) is 11.4 Å². The van der Waals surface area contributed by atoms with Crippen molar-refractivity contribution in [2.75, 3.05) is 17.3 Å².